The van der Waals surface area contributed by atoms with Crippen molar-refractivity contribution in [2.75, 3.05) is 0 Å². The van der Waals surface area contributed by atoms with Crippen LogP contribution in [0.15, 0.2) is 28.0 Å². The fraction of sp³-hybridized carbons (Fsp3) is 0.167. The van der Waals surface area contributed by atoms with Crippen molar-refractivity contribution in [1.29, 1.82) is 0 Å². The normalized spacial score (nSPS) is 19.5. The molecule has 8 nitrogen and oxygen atoms in total. The molecule has 0 unspecified atom stereocenters. The van der Waals surface area contributed by atoms with E-state index < -0.39 is 10.4 Å². The molecule has 0 aliphatic carbocycles. The summed E-state index contributed by atoms with van der Waals surface area (Å²) in [5.41, 5.74) is 5.34. The van der Waals surface area contributed by atoms with E-state index in [1.54, 1.807) is 12.1 Å². The summed E-state index contributed by atoms with van der Waals surface area (Å²) < 4.78 is 35.1. The van der Waals surface area contributed by atoms with Crippen molar-refractivity contribution in [1.82, 2.24) is 5.06 Å². The third kappa shape index (κ3) is 2.19. The van der Waals surface area contributed by atoms with Crippen LogP contribution in [0.5, 0.6) is 0 Å². The predicted molar refractivity (Wildman–Crippen MR) is 47.0 cm³/mol. The van der Waals surface area contributed by atoms with Crippen molar-refractivity contribution >= 4 is 16.4 Å². The molecule has 2 N–H and O–H groups in total. The van der Waals surface area contributed by atoms with Gasteiger partial charge in [-0.2, -0.15) is 13.5 Å². The minimum Gasteiger partial charge on any atom is -0.467 e. The van der Waals surface area contributed by atoms with E-state index in [9.17, 15) is 8.42 Å². The van der Waals surface area contributed by atoms with Gasteiger partial charge in [-0.15, -0.1) is 4.28 Å². The van der Waals surface area contributed by atoms with Gasteiger partial charge in [0.2, 0.25) is 0 Å². The third-order valence-electron chi connectivity index (χ3n) is 1.54. The summed E-state index contributed by atoms with van der Waals surface area (Å²) in [4.78, 5) is 0. The van der Waals surface area contributed by atoms with Crippen LogP contribution in [0, 0.1) is 0 Å². The molecular weight excluding hydrogens is 226 g/mol. The maximum absolute atomic E-state index is 10.9. The molecule has 82 valence electrons. The summed E-state index contributed by atoms with van der Waals surface area (Å²) in [6.45, 7) is 0.0188. The molecule has 0 radical (unpaired) electrons. The fourth-order valence-electron chi connectivity index (χ4n) is 0.943. The summed E-state index contributed by atoms with van der Waals surface area (Å²) >= 11 is 0. The first-order chi connectivity index (χ1) is 7.07. The molecule has 0 fully saturated rings. The van der Waals surface area contributed by atoms with Gasteiger partial charge in [0.05, 0.1) is 6.26 Å². The van der Waals surface area contributed by atoms with Crippen LogP contribution in [0.2, 0.25) is 0 Å². The van der Waals surface area contributed by atoms with E-state index in [-0.39, 0.29) is 12.5 Å². The Morgan fingerprint density at radius 3 is 3.00 bits per heavy atom. The second kappa shape index (κ2) is 3.44. The molecule has 0 spiro atoms. The highest BCUT2D eigenvalue weighted by Gasteiger charge is 2.27. The van der Waals surface area contributed by atoms with Gasteiger partial charge in [0.15, 0.2) is 0 Å². The Morgan fingerprint density at radius 1 is 1.53 bits per heavy atom. The van der Waals surface area contributed by atoms with E-state index in [2.05, 4.69) is 13.7 Å². The minimum atomic E-state index is -4.15. The Morgan fingerprint density at radius 2 is 2.33 bits per heavy atom. The van der Waals surface area contributed by atoms with Crippen molar-refractivity contribution in [3.8, 4) is 0 Å². The Labute approximate surface area is 85.1 Å². The van der Waals surface area contributed by atoms with Crippen LogP contribution in [-0.4, -0.2) is 19.4 Å². The minimum absolute atomic E-state index is 0.0188. The van der Waals surface area contributed by atoms with Crippen LogP contribution in [0.3, 0.4) is 0 Å². The average Bonchev–Trinajstić information content (AvgIpc) is 2.64. The second-order valence-corrected chi connectivity index (χ2v) is 3.74. The maximum atomic E-state index is 10.9. The summed E-state index contributed by atoms with van der Waals surface area (Å²) in [6.07, 6.45) is 1.44. The van der Waals surface area contributed by atoms with E-state index in [4.69, 9.17) is 10.2 Å². The smallest absolute Gasteiger partial charge is 0.467 e. The highest BCUT2D eigenvalue weighted by molar-refractivity contribution is 7.81. The summed E-state index contributed by atoms with van der Waals surface area (Å²) in [6, 6.07) is 3.29. The highest BCUT2D eigenvalue weighted by Crippen LogP contribution is 2.12. The lowest BCUT2D eigenvalue weighted by molar-refractivity contribution is -0.0250. The van der Waals surface area contributed by atoms with Gasteiger partial charge in [0, 0.05) is 0 Å². The molecule has 1 aromatic heterocycles. The molecule has 9 heteroatoms. The van der Waals surface area contributed by atoms with E-state index >= 15 is 0 Å². The third-order valence-corrected chi connectivity index (χ3v) is 2.16. The summed E-state index contributed by atoms with van der Waals surface area (Å²) in [7, 11) is -4.15. The van der Waals surface area contributed by atoms with Gasteiger partial charge in [0.1, 0.15) is 12.3 Å². The number of furan rings is 1. The zero-order valence-corrected chi connectivity index (χ0v) is 8.18. The van der Waals surface area contributed by atoms with Crippen LogP contribution >= 0.6 is 0 Å². The first kappa shape index (κ1) is 9.80. The van der Waals surface area contributed by atoms with Gasteiger partial charge in [-0.05, 0) is 17.3 Å². The lowest BCUT2D eigenvalue weighted by atomic mass is 10.4. The van der Waals surface area contributed by atoms with Gasteiger partial charge in [-0.25, -0.2) is 4.28 Å². The number of nitrogens with zero attached hydrogens (tertiary/aromatic N) is 2. The molecule has 2 heterocycles. The largest absolute Gasteiger partial charge is 0.491 e. The maximum Gasteiger partial charge on any atom is 0.491 e. The lowest BCUT2D eigenvalue weighted by Gasteiger charge is -2.21. The Balaban J connectivity index is 2.15. The van der Waals surface area contributed by atoms with Gasteiger partial charge < -0.3 is 10.2 Å². The monoisotopic (exact) mass is 233 g/mol. The molecule has 1 aromatic rings. The molecule has 1 aliphatic heterocycles. The number of guanidine groups is 1. The molecule has 1 aliphatic rings. The van der Waals surface area contributed by atoms with E-state index in [0.29, 0.717) is 5.76 Å². The average molecular weight is 233 g/mol. The molecule has 0 amide bonds. The Hall–Kier alpha value is -1.74. The van der Waals surface area contributed by atoms with Gasteiger partial charge in [-0.3, -0.25) is 0 Å². The molecule has 0 bridgehead atoms. The number of hydrogen-bond acceptors (Lipinski definition) is 8. The van der Waals surface area contributed by atoms with Gasteiger partial charge >= 0.3 is 10.4 Å². The van der Waals surface area contributed by atoms with E-state index in [1.807, 2.05) is 0 Å². The van der Waals surface area contributed by atoms with Crippen molar-refractivity contribution in [3.05, 3.63) is 24.2 Å². The highest BCUT2D eigenvalue weighted by atomic mass is 32.3. The topological polar surface area (TPSA) is 107 Å². The van der Waals surface area contributed by atoms with Crippen LogP contribution in [0.25, 0.3) is 0 Å². The fourth-order valence-corrected chi connectivity index (χ4v) is 1.49. The molecule has 0 aromatic carbocycles. The Bertz CT molecular complexity index is 465. The number of hydrogen-bond donors (Lipinski definition) is 1. The first-order valence-corrected chi connectivity index (χ1v) is 5.17. The molecule has 2 rings (SSSR count). The molecular formula is C6H7N3O5S. The predicted octanol–water partition coefficient (Wildman–Crippen LogP) is -0.482. The number of oxime groups is 1. The summed E-state index contributed by atoms with van der Waals surface area (Å²) in [5, 5.41) is 3.96. The quantitative estimate of drug-likeness (QED) is 0.734. The van der Waals surface area contributed by atoms with Crippen molar-refractivity contribution < 1.29 is 21.4 Å². The SMILES string of the molecule is NC1=NOS(=O)(=O)ON1Cc1ccco1. The van der Waals surface area contributed by atoms with Gasteiger partial charge in [0.25, 0.3) is 5.96 Å². The van der Waals surface area contributed by atoms with Gasteiger partial charge in [-0.1, -0.05) is 0 Å². The number of nitrogens with two attached hydrogens (primary N) is 1. The second-order valence-electron chi connectivity index (χ2n) is 2.62. The van der Waals surface area contributed by atoms with Crippen molar-refractivity contribution in [2.24, 2.45) is 10.9 Å². The lowest BCUT2D eigenvalue weighted by Crippen LogP contribution is -2.42. The van der Waals surface area contributed by atoms with Crippen molar-refractivity contribution in [2.45, 2.75) is 6.54 Å². The molecule has 0 saturated heterocycles. The number of rotatable bonds is 2. The van der Waals surface area contributed by atoms with Crippen LogP contribution in [0.1, 0.15) is 5.76 Å². The molecule has 0 saturated carbocycles. The zero-order chi connectivity index (χ0) is 10.9. The Kier molecular flexibility index (Phi) is 2.25. The molecule has 15 heavy (non-hydrogen) atoms. The van der Waals surface area contributed by atoms with E-state index in [1.165, 1.54) is 6.26 Å². The number of hydroxylamine groups is 2. The van der Waals surface area contributed by atoms with Crippen LogP contribution in [0.4, 0.5) is 0 Å². The zero-order valence-electron chi connectivity index (χ0n) is 7.36. The summed E-state index contributed by atoms with van der Waals surface area (Å²) in [5.74, 6) is 0.270. The van der Waals surface area contributed by atoms with E-state index in [0.717, 1.165) is 5.06 Å². The first-order valence-electron chi connectivity index (χ1n) is 3.83. The van der Waals surface area contributed by atoms with Crippen LogP contribution in [-0.2, 0) is 25.5 Å². The van der Waals surface area contributed by atoms with Crippen LogP contribution < -0.4 is 5.73 Å². The standard InChI is InChI=1S/C6H7N3O5S/c7-6-8-13-15(10,11)14-9(6)4-5-2-1-3-12-5/h1-3H,4H2,(H2,7,8). The molecule has 0 atom stereocenters. The van der Waals surface area contributed by atoms with Crippen molar-refractivity contribution in [3.63, 3.8) is 0 Å².